The maximum atomic E-state index is 15.0. The molecule has 1 saturated carbocycles. The normalized spacial score (nSPS) is 15.2. The van der Waals surface area contributed by atoms with Crippen LogP contribution < -0.4 is 5.73 Å². The first-order chi connectivity index (χ1) is 14.0. The van der Waals surface area contributed by atoms with E-state index in [4.69, 9.17) is 10.5 Å². The third-order valence-electron chi connectivity index (χ3n) is 5.28. The van der Waals surface area contributed by atoms with E-state index in [-0.39, 0.29) is 17.6 Å². The summed E-state index contributed by atoms with van der Waals surface area (Å²) in [4.78, 5) is 24.4. The first-order valence-corrected chi connectivity index (χ1v) is 9.51. The number of nitrogens with zero attached hydrogens (tertiary/aromatic N) is 3. The van der Waals surface area contributed by atoms with Crippen LogP contribution in [0.5, 0.6) is 0 Å². The lowest BCUT2D eigenvalue weighted by molar-refractivity contribution is 0.0600. The summed E-state index contributed by atoms with van der Waals surface area (Å²) in [6.07, 6.45) is 1.92. The molecule has 3 N–H and O–H groups in total. The fourth-order valence-corrected chi connectivity index (χ4v) is 3.69. The lowest BCUT2D eigenvalue weighted by Gasteiger charge is -2.07. The molecule has 7 nitrogen and oxygen atoms in total. The number of benzene rings is 1. The van der Waals surface area contributed by atoms with Crippen LogP contribution in [0.1, 0.15) is 47.9 Å². The highest BCUT2D eigenvalue weighted by Crippen LogP contribution is 2.42. The van der Waals surface area contributed by atoms with Crippen molar-refractivity contribution in [3.8, 4) is 11.5 Å². The average Bonchev–Trinajstić information content (AvgIpc) is 3.33. The summed E-state index contributed by atoms with van der Waals surface area (Å²) < 4.78 is 21.6. The van der Waals surface area contributed by atoms with Gasteiger partial charge in [-0.1, -0.05) is 0 Å². The molecule has 8 heteroatoms. The van der Waals surface area contributed by atoms with Gasteiger partial charge in [0.25, 0.3) is 0 Å². The molecular weight excluding hydrogens is 373 g/mol. The number of H-pyrrole nitrogens is 1. The van der Waals surface area contributed by atoms with E-state index in [1.165, 1.54) is 13.2 Å². The van der Waals surface area contributed by atoms with Crippen LogP contribution >= 0.6 is 0 Å². The molecule has 0 spiro atoms. The number of rotatable bonds is 4. The first-order valence-electron chi connectivity index (χ1n) is 9.51. The SMILES string of the molecule is COC(=O)c1cc(F)c2c(c1)nc(-c1cc3ccc([C@@H](C)N)nc3[nH]1)n2C1CC1. The molecule has 1 aromatic carbocycles. The number of esters is 1. The van der Waals surface area contributed by atoms with E-state index in [1.807, 2.05) is 29.7 Å². The second kappa shape index (κ2) is 6.38. The van der Waals surface area contributed by atoms with Gasteiger partial charge in [0.2, 0.25) is 0 Å². The van der Waals surface area contributed by atoms with Gasteiger partial charge in [0.15, 0.2) is 5.82 Å². The standard InChI is InChI=1S/C21H20FN5O2/c1-10(23)15-6-3-11-8-17(25-19(11)24-15)20-26-16-9-12(21(28)29-2)7-14(22)18(16)27(20)13-4-5-13/h3,6-10,13H,4-5,23H2,1-2H3,(H,24,25)/t10-/m1/s1. The fourth-order valence-electron chi connectivity index (χ4n) is 3.69. The van der Waals surface area contributed by atoms with E-state index in [1.54, 1.807) is 6.07 Å². The van der Waals surface area contributed by atoms with Crippen molar-refractivity contribution < 1.29 is 13.9 Å². The van der Waals surface area contributed by atoms with Crippen molar-refractivity contribution in [3.63, 3.8) is 0 Å². The van der Waals surface area contributed by atoms with Crippen LogP contribution in [0.4, 0.5) is 4.39 Å². The highest BCUT2D eigenvalue weighted by Gasteiger charge is 2.31. The number of nitrogens with two attached hydrogens (primary N) is 1. The lowest BCUT2D eigenvalue weighted by Crippen LogP contribution is -2.06. The summed E-state index contributed by atoms with van der Waals surface area (Å²) in [7, 11) is 1.27. The Hall–Kier alpha value is -3.26. The lowest BCUT2D eigenvalue weighted by atomic mass is 10.2. The smallest absolute Gasteiger partial charge is 0.338 e. The van der Waals surface area contributed by atoms with Crippen LogP contribution in [-0.4, -0.2) is 32.6 Å². The van der Waals surface area contributed by atoms with Crippen molar-refractivity contribution in [1.29, 1.82) is 0 Å². The summed E-state index contributed by atoms with van der Waals surface area (Å²) >= 11 is 0. The summed E-state index contributed by atoms with van der Waals surface area (Å²) in [6.45, 7) is 1.88. The molecule has 0 unspecified atom stereocenters. The van der Waals surface area contributed by atoms with E-state index in [2.05, 4.69) is 15.0 Å². The minimum Gasteiger partial charge on any atom is -0.465 e. The van der Waals surface area contributed by atoms with Crippen molar-refractivity contribution in [2.45, 2.75) is 31.8 Å². The predicted molar refractivity (Wildman–Crippen MR) is 107 cm³/mol. The highest BCUT2D eigenvalue weighted by molar-refractivity contribution is 5.95. The van der Waals surface area contributed by atoms with Crippen LogP contribution in [0.25, 0.3) is 33.6 Å². The van der Waals surface area contributed by atoms with Gasteiger partial charge in [-0.25, -0.2) is 19.2 Å². The molecule has 0 saturated heterocycles. The monoisotopic (exact) mass is 393 g/mol. The van der Waals surface area contributed by atoms with Crippen LogP contribution in [0, 0.1) is 5.82 Å². The predicted octanol–water partition coefficient (Wildman–Crippen LogP) is 3.86. The van der Waals surface area contributed by atoms with Crippen LogP contribution in [0.2, 0.25) is 0 Å². The third-order valence-corrected chi connectivity index (χ3v) is 5.28. The van der Waals surface area contributed by atoms with Gasteiger partial charge in [-0.3, -0.25) is 0 Å². The number of aromatic amines is 1. The number of hydrogen-bond acceptors (Lipinski definition) is 5. The van der Waals surface area contributed by atoms with Gasteiger partial charge in [-0.15, -0.1) is 0 Å². The molecule has 5 rings (SSSR count). The van der Waals surface area contributed by atoms with Gasteiger partial charge in [0.1, 0.15) is 17.0 Å². The maximum Gasteiger partial charge on any atom is 0.338 e. The highest BCUT2D eigenvalue weighted by atomic mass is 19.1. The van der Waals surface area contributed by atoms with Gasteiger partial charge < -0.3 is 20.0 Å². The molecule has 3 aromatic heterocycles. The summed E-state index contributed by atoms with van der Waals surface area (Å²) in [5, 5.41) is 0.925. The summed E-state index contributed by atoms with van der Waals surface area (Å²) in [6, 6.07) is 8.60. The van der Waals surface area contributed by atoms with E-state index >= 15 is 0 Å². The number of halogens is 1. The van der Waals surface area contributed by atoms with Crippen LogP contribution in [0.3, 0.4) is 0 Å². The number of fused-ring (bicyclic) bond motifs is 2. The molecule has 1 atom stereocenters. The summed E-state index contributed by atoms with van der Waals surface area (Å²) in [5.74, 6) is -0.447. The number of ether oxygens (including phenoxy) is 1. The molecule has 0 radical (unpaired) electrons. The van der Waals surface area contributed by atoms with Crippen molar-refractivity contribution >= 4 is 28.0 Å². The minimum atomic E-state index is -0.591. The number of pyridine rings is 1. The number of hydrogen-bond donors (Lipinski definition) is 2. The molecule has 1 fully saturated rings. The molecule has 29 heavy (non-hydrogen) atoms. The fraction of sp³-hybridized carbons (Fsp3) is 0.286. The van der Waals surface area contributed by atoms with Crippen molar-refractivity contribution in [1.82, 2.24) is 19.5 Å². The number of methoxy groups -OCH3 is 1. The maximum absolute atomic E-state index is 15.0. The Labute approximate surface area is 165 Å². The second-order valence-electron chi connectivity index (χ2n) is 7.50. The van der Waals surface area contributed by atoms with Gasteiger partial charge >= 0.3 is 5.97 Å². The molecule has 1 aliphatic rings. The zero-order valence-corrected chi connectivity index (χ0v) is 16.1. The number of carbonyl (C=O) groups is 1. The Bertz CT molecular complexity index is 1270. The van der Waals surface area contributed by atoms with E-state index in [9.17, 15) is 9.18 Å². The van der Waals surface area contributed by atoms with Crippen LogP contribution in [-0.2, 0) is 4.74 Å². The van der Waals surface area contributed by atoms with Crippen molar-refractivity contribution in [2.24, 2.45) is 5.73 Å². The molecule has 148 valence electrons. The minimum absolute atomic E-state index is 0.143. The molecule has 1 aliphatic carbocycles. The number of nitrogens with one attached hydrogen (secondary N) is 1. The zero-order chi connectivity index (χ0) is 20.3. The Balaban J connectivity index is 1.72. The Kier molecular flexibility index (Phi) is 3.92. The Morgan fingerprint density at radius 3 is 2.79 bits per heavy atom. The first kappa shape index (κ1) is 17.8. The molecule has 0 bridgehead atoms. The third kappa shape index (κ3) is 2.87. The molecule has 0 amide bonds. The molecule has 3 heterocycles. The second-order valence-corrected chi connectivity index (χ2v) is 7.50. The Morgan fingerprint density at radius 2 is 2.10 bits per heavy atom. The zero-order valence-electron chi connectivity index (χ0n) is 16.1. The Morgan fingerprint density at radius 1 is 1.31 bits per heavy atom. The summed E-state index contributed by atoms with van der Waals surface area (Å²) in [5.41, 5.74) is 9.15. The van der Waals surface area contributed by atoms with Gasteiger partial charge in [0.05, 0.1) is 29.6 Å². The number of carbonyl (C=O) groups excluding carboxylic acids is 1. The number of imidazole rings is 1. The quantitative estimate of drug-likeness (QED) is 0.513. The van der Waals surface area contributed by atoms with Gasteiger partial charge in [-0.2, -0.15) is 0 Å². The van der Waals surface area contributed by atoms with Crippen LogP contribution in [0.15, 0.2) is 30.3 Å². The topological polar surface area (TPSA) is 98.8 Å². The molecule has 0 aliphatic heterocycles. The van der Waals surface area contributed by atoms with E-state index < -0.39 is 11.8 Å². The van der Waals surface area contributed by atoms with Gasteiger partial charge in [0, 0.05) is 17.5 Å². The van der Waals surface area contributed by atoms with Crippen molar-refractivity contribution in [3.05, 3.63) is 47.4 Å². The average molecular weight is 393 g/mol. The van der Waals surface area contributed by atoms with E-state index in [0.29, 0.717) is 22.5 Å². The van der Waals surface area contributed by atoms with Gasteiger partial charge in [-0.05, 0) is 50.1 Å². The number of aromatic nitrogens is 4. The van der Waals surface area contributed by atoms with Crippen molar-refractivity contribution in [2.75, 3.05) is 7.11 Å². The molecular formula is C21H20FN5O2. The van der Waals surface area contributed by atoms with E-state index in [0.717, 1.165) is 29.6 Å². The largest absolute Gasteiger partial charge is 0.465 e. The molecule has 4 aromatic rings.